The first kappa shape index (κ1) is 8.31. The minimum Gasteiger partial charge on any atom is -0.349 e. The maximum atomic E-state index is 5.06. The van der Waals surface area contributed by atoms with E-state index in [1.165, 1.54) is 11.8 Å². The van der Waals surface area contributed by atoms with Gasteiger partial charge in [-0.1, -0.05) is 16.9 Å². The highest BCUT2D eigenvalue weighted by molar-refractivity contribution is 7.98. The van der Waals surface area contributed by atoms with Crippen LogP contribution in [-0.2, 0) is 0 Å². The summed E-state index contributed by atoms with van der Waals surface area (Å²) in [5.41, 5.74) is 1.88. The average Bonchev–Trinajstić information content (AvgIpc) is 2.67. The van der Waals surface area contributed by atoms with E-state index in [1.54, 1.807) is 12.4 Å². The lowest BCUT2D eigenvalue weighted by Gasteiger charge is -1.90. The zero-order valence-electron chi connectivity index (χ0n) is 7.10. The van der Waals surface area contributed by atoms with Crippen LogP contribution in [0.25, 0.3) is 11.3 Å². The number of aromatic nitrogens is 2. The predicted octanol–water partition coefficient (Wildman–Crippen LogP) is 2.46. The number of thioether (sulfide) groups is 1. The Kier molecular flexibility index (Phi) is 2.31. The van der Waals surface area contributed by atoms with Gasteiger partial charge in [0.05, 0.1) is 0 Å². The lowest BCUT2D eigenvalue weighted by molar-refractivity contribution is 0.352. The highest BCUT2D eigenvalue weighted by Crippen LogP contribution is 2.22. The largest absolute Gasteiger partial charge is 0.349 e. The highest BCUT2D eigenvalue weighted by Gasteiger charge is 2.03. The summed E-state index contributed by atoms with van der Waals surface area (Å²) in [5, 5.41) is 4.76. The molecule has 0 bridgehead atoms. The van der Waals surface area contributed by atoms with Crippen LogP contribution in [0.3, 0.4) is 0 Å². The Bertz CT molecular complexity index is 386. The van der Waals surface area contributed by atoms with Crippen LogP contribution in [0.1, 0.15) is 0 Å². The van der Waals surface area contributed by atoms with Crippen molar-refractivity contribution in [2.75, 3.05) is 6.26 Å². The molecule has 0 saturated carbocycles. The van der Waals surface area contributed by atoms with Crippen LogP contribution in [0.4, 0.5) is 0 Å². The molecule has 0 aliphatic rings. The Labute approximate surface area is 80.2 Å². The minimum atomic E-state index is 0.826. The third-order valence-corrected chi connectivity index (χ3v) is 2.26. The van der Waals surface area contributed by atoms with Crippen molar-refractivity contribution in [3.05, 3.63) is 30.6 Å². The molecule has 0 aliphatic carbocycles. The van der Waals surface area contributed by atoms with Gasteiger partial charge in [-0.3, -0.25) is 4.98 Å². The number of pyridine rings is 1. The average molecular weight is 192 g/mol. The Morgan fingerprint density at radius 2 is 2.08 bits per heavy atom. The van der Waals surface area contributed by atoms with Crippen molar-refractivity contribution in [1.82, 2.24) is 10.1 Å². The molecule has 3 nitrogen and oxygen atoms in total. The van der Waals surface area contributed by atoms with E-state index in [4.69, 9.17) is 4.52 Å². The number of nitrogens with zero attached hydrogens (tertiary/aromatic N) is 2. The van der Waals surface area contributed by atoms with Gasteiger partial charge in [0, 0.05) is 24.0 Å². The fraction of sp³-hybridized carbons (Fsp3) is 0.111. The van der Waals surface area contributed by atoms with Crippen LogP contribution >= 0.6 is 11.8 Å². The summed E-state index contributed by atoms with van der Waals surface area (Å²) in [6, 6.07) is 5.73. The second-order valence-electron chi connectivity index (χ2n) is 2.47. The van der Waals surface area contributed by atoms with Gasteiger partial charge in [0.2, 0.25) is 0 Å². The summed E-state index contributed by atoms with van der Waals surface area (Å²) in [4.78, 5) is 3.93. The molecule has 0 unspecified atom stereocenters. The van der Waals surface area contributed by atoms with E-state index in [0.717, 1.165) is 16.3 Å². The molecule has 2 aromatic heterocycles. The number of hydrogen-bond donors (Lipinski definition) is 0. The van der Waals surface area contributed by atoms with Crippen molar-refractivity contribution in [2.45, 2.75) is 5.09 Å². The van der Waals surface area contributed by atoms with Gasteiger partial charge in [0.1, 0.15) is 5.69 Å². The molecule has 0 fully saturated rings. The van der Waals surface area contributed by atoms with Gasteiger partial charge >= 0.3 is 0 Å². The molecule has 2 aromatic rings. The first-order valence-electron chi connectivity index (χ1n) is 3.81. The highest BCUT2D eigenvalue weighted by atomic mass is 32.2. The molecule has 0 spiro atoms. The summed E-state index contributed by atoms with van der Waals surface area (Å²) in [6.45, 7) is 0. The van der Waals surface area contributed by atoms with E-state index in [1.807, 2.05) is 24.5 Å². The van der Waals surface area contributed by atoms with Gasteiger partial charge in [0.15, 0.2) is 5.09 Å². The van der Waals surface area contributed by atoms with E-state index < -0.39 is 0 Å². The molecule has 0 N–H and O–H groups in total. The van der Waals surface area contributed by atoms with E-state index in [-0.39, 0.29) is 0 Å². The Morgan fingerprint density at radius 3 is 2.69 bits per heavy atom. The molecule has 2 rings (SSSR count). The standard InChI is InChI=1S/C9H8N2OS/c1-13-9-6-8(11-12-9)7-2-4-10-5-3-7/h2-6H,1H3. The molecular formula is C9H8N2OS. The topological polar surface area (TPSA) is 38.9 Å². The second-order valence-corrected chi connectivity index (χ2v) is 3.28. The Balaban J connectivity index is 2.36. The maximum absolute atomic E-state index is 5.06. The first-order chi connectivity index (χ1) is 6.40. The normalized spacial score (nSPS) is 10.2. The van der Waals surface area contributed by atoms with Crippen molar-refractivity contribution in [3.63, 3.8) is 0 Å². The van der Waals surface area contributed by atoms with Crippen molar-refractivity contribution in [2.24, 2.45) is 0 Å². The molecule has 0 amide bonds. The lowest BCUT2D eigenvalue weighted by Crippen LogP contribution is -1.76. The van der Waals surface area contributed by atoms with Crippen molar-refractivity contribution >= 4 is 11.8 Å². The van der Waals surface area contributed by atoms with Crippen LogP contribution in [0.2, 0.25) is 0 Å². The van der Waals surface area contributed by atoms with Gasteiger partial charge in [-0.15, -0.1) is 0 Å². The minimum absolute atomic E-state index is 0.826. The Hall–Kier alpha value is -1.29. The number of rotatable bonds is 2. The van der Waals surface area contributed by atoms with E-state index in [9.17, 15) is 0 Å². The summed E-state index contributed by atoms with van der Waals surface area (Å²) in [5.74, 6) is 0. The smallest absolute Gasteiger partial charge is 0.193 e. The van der Waals surface area contributed by atoms with Gasteiger partial charge in [-0.25, -0.2) is 0 Å². The van der Waals surface area contributed by atoms with Crippen LogP contribution in [-0.4, -0.2) is 16.4 Å². The molecule has 0 atom stereocenters. The van der Waals surface area contributed by atoms with Crippen LogP contribution in [0, 0.1) is 0 Å². The van der Waals surface area contributed by atoms with Gasteiger partial charge in [-0.05, 0) is 18.4 Å². The van der Waals surface area contributed by atoms with Gasteiger partial charge in [0.25, 0.3) is 0 Å². The Morgan fingerprint density at radius 1 is 1.31 bits per heavy atom. The van der Waals surface area contributed by atoms with Crippen molar-refractivity contribution in [3.8, 4) is 11.3 Å². The quantitative estimate of drug-likeness (QED) is 0.685. The molecule has 2 heterocycles. The zero-order chi connectivity index (χ0) is 9.10. The maximum Gasteiger partial charge on any atom is 0.193 e. The lowest BCUT2D eigenvalue weighted by atomic mass is 10.2. The van der Waals surface area contributed by atoms with E-state index in [0.29, 0.717) is 0 Å². The van der Waals surface area contributed by atoms with Gasteiger partial charge < -0.3 is 4.52 Å². The molecule has 0 radical (unpaired) electrons. The summed E-state index contributed by atoms with van der Waals surface area (Å²) >= 11 is 1.54. The summed E-state index contributed by atoms with van der Waals surface area (Å²) < 4.78 is 5.06. The predicted molar refractivity (Wildman–Crippen MR) is 51.5 cm³/mol. The molecular weight excluding hydrogens is 184 g/mol. The zero-order valence-corrected chi connectivity index (χ0v) is 7.91. The van der Waals surface area contributed by atoms with Gasteiger partial charge in [-0.2, -0.15) is 0 Å². The first-order valence-corrected chi connectivity index (χ1v) is 5.04. The van der Waals surface area contributed by atoms with Crippen molar-refractivity contribution < 1.29 is 4.52 Å². The van der Waals surface area contributed by atoms with Crippen LogP contribution < -0.4 is 0 Å². The third-order valence-electron chi connectivity index (χ3n) is 1.67. The SMILES string of the molecule is CSc1cc(-c2ccncc2)no1. The second kappa shape index (κ2) is 3.62. The van der Waals surface area contributed by atoms with E-state index >= 15 is 0 Å². The van der Waals surface area contributed by atoms with Crippen LogP contribution in [0.15, 0.2) is 40.2 Å². The monoisotopic (exact) mass is 192 g/mol. The fourth-order valence-corrected chi connectivity index (χ4v) is 1.35. The third kappa shape index (κ3) is 1.72. The molecule has 0 saturated heterocycles. The fourth-order valence-electron chi connectivity index (χ4n) is 1.01. The van der Waals surface area contributed by atoms with E-state index in [2.05, 4.69) is 10.1 Å². The number of hydrogen-bond acceptors (Lipinski definition) is 4. The molecule has 0 aliphatic heterocycles. The van der Waals surface area contributed by atoms with Crippen molar-refractivity contribution in [1.29, 1.82) is 0 Å². The summed E-state index contributed by atoms with van der Waals surface area (Å²) in [7, 11) is 0. The van der Waals surface area contributed by atoms with Crippen LogP contribution in [0.5, 0.6) is 0 Å². The summed E-state index contributed by atoms with van der Waals surface area (Å²) in [6.07, 6.45) is 5.43. The molecule has 13 heavy (non-hydrogen) atoms. The molecule has 0 aromatic carbocycles. The molecule has 4 heteroatoms. The molecule has 66 valence electrons.